The standard InChI is InChI=1S/C17H27FN4O2.HI/c1-13(2)16(23)20-9-10-21-17(19-3)22(4)11-12-24-15-8-6-5-7-14(15)18;/h5-8,13H,9-12H2,1-4H3,(H,19,21)(H,20,23);1H. The van der Waals surface area contributed by atoms with E-state index in [1.54, 1.807) is 25.2 Å². The first kappa shape index (κ1) is 23.4. The van der Waals surface area contributed by atoms with Gasteiger partial charge in [-0.2, -0.15) is 0 Å². The summed E-state index contributed by atoms with van der Waals surface area (Å²) in [5, 5.41) is 5.99. The van der Waals surface area contributed by atoms with Crippen molar-refractivity contribution in [2.75, 3.05) is 40.3 Å². The summed E-state index contributed by atoms with van der Waals surface area (Å²) in [6.07, 6.45) is 0. The summed E-state index contributed by atoms with van der Waals surface area (Å²) in [6.45, 7) is 5.68. The van der Waals surface area contributed by atoms with Gasteiger partial charge in [-0.15, -0.1) is 24.0 Å². The number of hydrogen-bond donors (Lipinski definition) is 2. The number of benzene rings is 1. The van der Waals surface area contributed by atoms with Crippen molar-refractivity contribution in [3.63, 3.8) is 0 Å². The smallest absolute Gasteiger partial charge is 0.222 e. The SMILES string of the molecule is CN=C(NCCNC(=O)C(C)C)N(C)CCOc1ccccc1F.I. The molecule has 1 aromatic rings. The number of carbonyl (C=O) groups excluding carboxylic acids is 1. The molecule has 0 unspecified atom stereocenters. The van der Waals surface area contributed by atoms with E-state index >= 15 is 0 Å². The Kier molecular flexibility index (Phi) is 11.9. The third-order valence-electron chi connectivity index (χ3n) is 3.33. The number of halogens is 2. The van der Waals surface area contributed by atoms with Crippen molar-refractivity contribution in [1.82, 2.24) is 15.5 Å². The molecule has 1 rings (SSSR count). The van der Waals surface area contributed by atoms with Gasteiger partial charge in [-0.05, 0) is 12.1 Å². The average Bonchev–Trinajstić information content (AvgIpc) is 2.56. The van der Waals surface area contributed by atoms with Crippen molar-refractivity contribution in [2.45, 2.75) is 13.8 Å². The Morgan fingerprint density at radius 1 is 1.28 bits per heavy atom. The zero-order valence-corrected chi connectivity index (χ0v) is 17.5. The van der Waals surface area contributed by atoms with Gasteiger partial charge < -0.3 is 20.3 Å². The first-order valence-electron chi connectivity index (χ1n) is 8.02. The number of ether oxygens (including phenoxy) is 1. The number of hydrogen-bond acceptors (Lipinski definition) is 3. The molecule has 0 aliphatic heterocycles. The minimum atomic E-state index is -0.372. The lowest BCUT2D eigenvalue weighted by atomic mass is 10.2. The highest BCUT2D eigenvalue weighted by molar-refractivity contribution is 14.0. The molecule has 1 amide bonds. The van der Waals surface area contributed by atoms with Crippen molar-refractivity contribution < 1.29 is 13.9 Å². The number of guanidine groups is 1. The molecule has 0 saturated carbocycles. The maximum atomic E-state index is 13.5. The fraction of sp³-hybridized carbons (Fsp3) is 0.529. The summed E-state index contributed by atoms with van der Waals surface area (Å²) in [6, 6.07) is 6.32. The van der Waals surface area contributed by atoms with Gasteiger partial charge in [0.25, 0.3) is 0 Å². The van der Waals surface area contributed by atoms with Crippen LogP contribution in [0, 0.1) is 11.7 Å². The molecule has 0 atom stereocenters. The molecule has 0 radical (unpaired) electrons. The predicted octanol–water partition coefficient (Wildman–Crippen LogP) is 2.10. The number of amides is 1. The molecule has 25 heavy (non-hydrogen) atoms. The van der Waals surface area contributed by atoms with Crippen LogP contribution in [0.25, 0.3) is 0 Å². The van der Waals surface area contributed by atoms with E-state index in [1.165, 1.54) is 6.07 Å². The van der Waals surface area contributed by atoms with Crippen LogP contribution < -0.4 is 15.4 Å². The summed E-state index contributed by atoms with van der Waals surface area (Å²) >= 11 is 0. The highest BCUT2D eigenvalue weighted by Gasteiger charge is 2.08. The summed E-state index contributed by atoms with van der Waals surface area (Å²) in [7, 11) is 3.55. The van der Waals surface area contributed by atoms with Gasteiger partial charge in [-0.25, -0.2) is 4.39 Å². The second-order valence-corrected chi connectivity index (χ2v) is 5.62. The van der Waals surface area contributed by atoms with Crippen LogP contribution in [0.1, 0.15) is 13.8 Å². The van der Waals surface area contributed by atoms with Crippen LogP contribution in [0.15, 0.2) is 29.3 Å². The number of nitrogens with zero attached hydrogens (tertiary/aromatic N) is 2. The van der Waals surface area contributed by atoms with Crippen molar-refractivity contribution in [2.24, 2.45) is 10.9 Å². The molecular formula is C17H28FIN4O2. The van der Waals surface area contributed by atoms with Gasteiger partial charge in [0.15, 0.2) is 17.5 Å². The second-order valence-electron chi connectivity index (χ2n) is 5.62. The van der Waals surface area contributed by atoms with Gasteiger partial charge in [0.2, 0.25) is 5.91 Å². The lowest BCUT2D eigenvalue weighted by molar-refractivity contribution is -0.123. The van der Waals surface area contributed by atoms with Crippen LogP contribution >= 0.6 is 24.0 Å². The average molecular weight is 466 g/mol. The molecular weight excluding hydrogens is 438 g/mol. The van der Waals surface area contributed by atoms with E-state index in [0.29, 0.717) is 32.2 Å². The van der Waals surface area contributed by atoms with Crippen LogP contribution in [-0.2, 0) is 4.79 Å². The minimum Gasteiger partial charge on any atom is -0.489 e. The molecule has 0 fully saturated rings. The van der Waals surface area contributed by atoms with E-state index in [9.17, 15) is 9.18 Å². The first-order valence-corrected chi connectivity index (χ1v) is 8.02. The molecule has 0 aliphatic carbocycles. The maximum Gasteiger partial charge on any atom is 0.222 e. The Morgan fingerprint density at radius 2 is 1.92 bits per heavy atom. The molecule has 1 aromatic carbocycles. The lowest BCUT2D eigenvalue weighted by Gasteiger charge is -2.22. The van der Waals surface area contributed by atoms with Crippen LogP contribution in [0.5, 0.6) is 5.75 Å². The highest BCUT2D eigenvalue weighted by Crippen LogP contribution is 2.14. The molecule has 2 N–H and O–H groups in total. The third-order valence-corrected chi connectivity index (χ3v) is 3.33. The molecule has 0 spiro atoms. The minimum absolute atomic E-state index is 0. The number of aliphatic imine (C=N–C) groups is 1. The van der Waals surface area contributed by atoms with Crippen LogP contribution in [0.3, 0.4) is 0 Å². The summed E-state index contributed by atoms with van der Waals surface area (Å²) in [4.78, 5) is 17.5. The van der Waals surface area contributed by atoms with Gasteiger partial charge in [0.05, 0.1) is 6.54 Å². The quantitative estimate of drug-likeness (QED) is 0.267. The Hall–Kier alpha value is -1.58. The molecule has 0 aromatic heterocycles. The zero-order chi connectivity index (χ0) is 17.9. The Balaban J connectivity index is 0.00000576. The fourth-order valence-corrected chi connectivity index (χ4v) is 1.91. The Bertz CT molecular complexity index is 555. The van der Waals surface area contributed by atoms with E-state index in [4.69, 9.17) is 4.74 Å². The number of para-hydroxylation sites is 1. The molecule has 0 bridgehead atoms. The normalized spacial score (nSPS) is 10.9. The lowest BCUT2D eigenvalue weighted by Crippen LogP contribution is -2.44. The predicted molar refractivity (Wildman–Crippen MR) is 109 cm³/mol. The number of carbonyl (C=O) groups is 1. The van der Waals surface area contributed by atoms with Gasteiger partial charge >= 0.3 is 0 Å². The van der Waals surface area contributed by atoms with Crippen LogP contribution in [-0.4, -0.2) is 57.1 Å². The van der Waals surface area contributed by atoms with Crippen molar-refractivity contribution in [1.29, 1.82) is 0 Å². The molecule has 142 valence electrons. The van der Waals surface area contributed by atoms with E-state index < -0.39 is 0 Å². The number of rotatable bonds is 8. The molecule has 6 nitrogen and oxygen atoms in total. The van der Waals surface area contributed by atoms with Crippen molar-refractivity contribution in [3.8, 4) is 5.75 Å². The van der Waals surface area contributed by atoms with Crippen molar-refractivity contribution in [3.05, 3.63) is 30.1 Å². The Labute approximate surface area is 166 Å². The monoisotopic (exact) mass is 466 g/mol. The van der Waals surface area contributed by atoms with Gasteiger partial charge in [-0.3, -0.25) is 9.79 Å². The largest absolute Gasteiger partial charge is 0.489 e. The molecule has 0 saturated heterocycles. The topological polar surface area (TPSA) is 66.0 Å². The van der Waals surface area contributed by atoms with Crippen LogP contribution in [0.2, 0.25) is 0 Å². The van der Waals surface area contributed by atoms with E-state index in [0.717, 1.165) is 0 Å². The third kappa shape index (κ3) is 8.89. The van der Waals surface area contributed by atoms with E-state index in [-0.39, 0.29) is 47.4 Å². The number of nitrogens with one attached hydrogen (secondary N) is 2. The fourth-order valence-electron chi connectivity index (χ4n) is 1.91. The summed E-state index contributed by atoms with van der Waals surface area (Å²) < 4.78 is 18.9. The maximum absolute atomic E-state index is 13.5. The van der Waals surface area contributed by atoms with E-state index in [2.05, 4.69) is 15.6 Å². The molecule has 8 heteroatoms. The van der Waals surface area contributed by atoms with E-state index in [1.807, 2.05) is 25.8 Å². The van der Waals surface area contributed by atoms with Crippen LogP contribution in [0.4, 0.5) is 4.39 Å². The molecule has 0 heterocycles. The first-order chi connectivity index (χ1) is 11.5. The summed E-state index contributed by atoms with van der Waals surface area (Å²) in [5.74, 6) is 0.556. The van der Waals surface area contributed by atoms with Gasteiger partial charge in [0, 0.05) is 33.1 Å². The van der Waals surface area contributed by atoms with Gasteiger partial charge in [0.1, 0.15) is 6.61 Å². The summed E-state index contributed by atoms with van der Waals surface area (Å²) in [5.41, 5.74) is 0. The highest BCUT2D eigenvalue weighted by atomic mass is 127. The zero-order valence-electron chi connectivity index (χ0n) is 15.2. The Morgan fingerprint density at radius 3 is 2.52 bits per heavy atom. The number of likely N-dealkylation sites (N-methyl/N-ethyl adjacent to an activating group) is 1. The van der Waals surface area contributed by atoms with Crippen molar-refractivity contribution >= 4 is 35.8 Å². The second kappa shape index (κ2) is 12.7. The molecule has 0 aliphatic rings. The van der Waals surface area contributed by atoms with Gasteiger partial charge in [-0.1, -0.05) is 26.0 Å².